The molecule has 2 rings (SSSR count). The van der Waals surface area contributed by atoms with E-state index in [0.717, 1.165) is 4.90 Å². The Balaban J connectivity index is 2.72. The second-order valence-electron chi connectivity index (χ2n) is 4.22. The lowest BCUT2D eigenvalue weighted by Gasteiger charge is -2.27. The number of nitrogens with one attached hydrogen (secondary N) is 1. The molecule has 0 unspecified atom stereocenters. The molecule has 0 fully saturated rings. The van der Waals surface area contributed by atoms with Gasteiger partial charge in [-0.15, -0.1) is 0 Å². The van der Waals surface area contributed by atoms with Gasteiger partial charge in [-0.2, -0.15) is 13.2 Å². The number of aliphatic carboxylic acids is 1. The summed E-state index contributed by atoms with van der Waals surface area (Å²) in [4.78, 5) is 21.5. The van der Waals surface area contributed by atoms with E-state index in [1.165, 1.54) is 12.4 Å². The number of nitrogens with zero attached hydrogens (tertiary/aromatic N) is 2. The van der Waals surface area contributed by atoms with Crippen molar-refractivity contribution in [3.05, 3.63) is 39.2 Å². The molecule has 7 nitrogen and oxygen atoms in total. The second kappa shape index (κ2) is 5.37. The van der Waals surface area contributed by atoms with Gasteiger partial charge in [-0.3, -0.25) is 14.9 Å². The normalized spacial score (nSPS) is 13.5. The maximum atomic E-state index is 12.9. The van der Waals surface area contributed by atoms with Crippen molar-refractivity contribution in [2.45, 2.75) is 6.18 Å². The van der Waals surface area contributed by atoms with Gasteiger partial charge in [0.15, 0.2) is 0 Å². The van der Waals surface area contributed by atoms with Gasteiger partial charge in [0.1, 0.15) is 17.1 Å². The van der Waals surface area contributed by atoms with Crippen LogP contribution in [0.1, 0.15) is 5.56 Å². The zero-order valence-electron chi connectivity index (χ0n) is 10.5. The van der Waals surface area contributed by atoms with Crippen molar-refractivity contribution in [3.8, 4) is 0 Å². The minimum atomic E-state index is -4.98. The lowest BCUT2D eigenvalue weighted by atomic mass is 10.1. The molecule has 0 aliphatic carbocycles. The molecule has 1 aromatic carbocycles. The number of rotatable bonds is 3. The molecule has 118 valence electrons. The van der Waals surface area contributed by atoms with Gasteiger partial charge in [-0.1, -0.05) is 11.6 Å². The maximum Gasteiger partial charge on any atom is 0.423 e. The van der Waals surface area contributed by atoms with Crippen molar-refractivity contribution in [2.24, 2.45) is 0 Å². The third-order valence-corrected chi connectivity index (χ3v) is 3.15. The molecule has 22 heavy (non-hydrogen) atoms. The first-order valence-electron chi connectivity index (χ1n) is 5.62. The molecule has 0 aromatic heterocycles. The van der Waals surface area contributed by atoms with Crippen molar-refractivity contribution >= 4 is 34.6 Å². The van der Waals surface area contributed by atoms with Crippen LogP contribution in [0, 0.1) is 10.1 Å². The van der Waals surface area contributed by atoms with Gasteiger partial charge < -0.3 is 15.3 Å². The highest BCUT2D eigenvalue weighted by Gasteiger charge is 2.42. The second-order valence-corrected chi connectivity index (χ2v) is 4.60. The van der Waals surface area contributed by atoms with E-state index in [-0.39, 0.29) is 11.4 Å². The number of halogens is 4. The van der Waals surface area contributed by atoms with E-state index in [1.807, 2.05) is 0 Å². The van der Waals surface area contributed by atoms with E-state index in [0.29, 0.717) is 6.07 Å². The summed E-state index contributed by atoms with van der Waals surface area (Å²) in [5.74, 6) is -1.28. The van der Waals surface area contributed by atoms with E-state index < -0.39 is 39.9 Å². The average molecular weight is 338 g/mol. The summed E-state index contributed by atoms with van der Waals surface area (Å²) >= 11 is 5.76. The minimum absolute atomic E-state index is 0.174. The molecular formula is C11H7ClF3N3O4. The van der Waals surface area contributed by atoms with Crippen LogP contribution in [0.5, 0.6) is 0 Å². The molecule has 0 saturated carbocycles. The number of nitro benzene ring substituents is 1. The first-order valence-corrected chi connectivity index (χ1v) is 6.00. The number of fused-ring (bicyclic) bond motifs is 1. The van der Waals surface area contributed by atoms with E-state index in [2.05, 4.69) is 5.32 Å². The van der Waals surface area contributed by atoms with E-state index in [4.69, 9.17) is 16.7 Å². The van der Waals surface area contributed by atoms with Crippen LogP contribution in [0.25, 0.3) is 0 Å². The third kappa shape index (κ3) is 2.77. The number of hydrogen-bond acceptors (Lipinski definition) is 5. The van der Waals surface area contributed by atoms with E-state index in [9.17, 15) is 28.1 Å². The Kier molecular flexibility index (Phi) is 3.88. The fourth-order valence-electron chi connectivity index (χ4n) is 1.98. The van der Waals surface area contributed by atoms with Crippen LogP contribution in [0.15, 0.2) is 18.5 Å². The smallest absolute Gasteiger partial charge is 0.423 e. The Hall–Kier alpha value is -2.49. The fraction of sp³-hybridized carbons (Fsp3) is 0.182. The zero-order valence-corrected chi connectivity index (χ0v) is 11.3. The van der Waals surface area contributed by atoms with Gasteiger partial charge in [0.2, 0.25) is 0 Å². The lowest BCUT2D eigenvalue weighted by molar-refractivity contribution is -0.387. The molecule has 1 aliphatic rings. The van der Waals surface area contributed by atoms with Crippen molar-refractivity contribution < 1.29 is 28.0 Å². The standard InChI is InChI=1S/C11H7ClF3N3O4/c12-8-9(18(21)22)5(11(13,14)15)3-6-10(8)17(2-1-16-6)4-7(19)20/h1-3,16H,4H2,(H,19,20). The first-order chi connectivity index (χ1) is 10.1. The molecular weight excluding hydrogens is 331 g/mol. The van der Waals surface area contributed by atoms with Crippen LogP contribution in [-0.4, -0.2) is 22.5 Å². The van der Waals surface area contributed by atoms with E-state index in [1.54, 1.807) is 0 Å². The average Bonchev–Trinajstić information content (AvgIpc) is 2.35. The summed E-state index contributed by atoms with van der Waals surface area (Å²) in [6.07, 6.45) is -2.57. The van der Waals surface area contributed by atoms with E-state index >= 15 is 0 Å². The number of carbonyl (C=O) groups is 1. The predicted octanol–water partition coefficient (Wildman–Crippen LogP) is 3.05. The number of nitro groups is 1. The van der Waals surface area contributed by atoms with Gasteiger partial charge in [0, 0.05) is 12.4 Å². The number of alkyl halides is 3. The lowest BCUT2D eigenvalue weighted by Crippen LogP contribution is -2.28. The molecule has 1 aromatic rings. The molecule has 0 amide bonds. The Morgan fingerprint density at radius 2 is 2.14 bits per heavy atom. The van der Waals surface area contributed by atoms with Crippen LogP contribution < -0.4 is 10.2 Å². The quantitative estimate of drug-likeness (QED) is 0.650. The largest absolute Gasteiger partial charge is 0.480 e. The van der Waals surface area contributed by atoms with Crippen molar-refractivity contribution in [1.82, 2.24) is 0 Å². The Labute approximate surface area is 125 Å². The number of carboxylic acid groups (broad SMARTS) is 1. The molecule has 0 atom stereocenters. The van der Waals surface area contributed by atoms with Gasteiger partial charge >= 0.3 is 17.8 Å². The molecule has 1 heterocycles. The maximum absolute atomic E-state index is 12.9. The van der Waals surface area contributed by atoms with Gasteiger partial charge in [0.05, 0.1) is 16.3 Å². The highest BCUT2D eigenvalue weighted by Crippen LogP contribution is 2.48. The Morgan fingerprint density at radius 3 is 2.64 bits per heavy atom. The third-order valence-electron chi connectivity index (χ3n) is 2.79. The molecule has 0 radical (unpaired) electrons. The molecule has 0 spiro atoms. The number of benzene rings is 1. The molecule has 2 N–H and O–H groups in total. The molecule has 0 bridgehead atoms. The number of hydrogen-bond donors (Lipinski definition) is 2. The van der Waals surface area contributed by atoms with Gasteiger partial charge in [-0.25, -0.2) is 0 Å². The van der Waals surface area contributed by atoms with Crippen LogP contribution in [0.3, 0.4) is 0 Å². The molecule has 1 aliphatic heterocycles. The summed E-state index contributed by atoms with van der Waals surface area (Å²) in [5.41, 5.74) is -3.21. The summed E-state index contributed by atoms with van der Waals surface area (Å²) < 4.78 is 38.8. The highest BCUT2D eigenvalue weighted by molar-refractivity contribution is 6.36. The summed E-state index contributed by atoms with van der Waals surface area (Å²) in [5, 5.41) is 21.4. The summed E-state index contributed by atoms with van der Waals surface area (Å²) in [6.45, 7) is -0.618. The predicted molar refractivity (Wildman–Crippen MR) is 70.9 cm³/mol. The summed E-state index contributed by atoms with van der Waals surface area (Å²) in [6, 6.07) is 0.525. The fourth-order valence-corrected chi connectivity index (χ4v) is 2.37. The number of anilines is 2. The SMILES string of the molecule is O=C(O)CN1C=CNc2cc(C(F)(F)F)c([N+](=O)[O-])c(Cl)c21. The topological polar surface area (TPSA) is 95.7 Å². The van der Waals surface area contributed by atoms with Gasteiger partial charge in [0.25, 0.3) is 0 Å². The van der Waals surface area contributed by atoms with Crippen LogP contribution in [0.4, 0.5) is 30.2 Å². The van der Waals surface area contributed by atoms with Crippen LogP contribution in [0.2, 0.25) is 5.02 Å². The van der Waals surface area contributed by atoms with Gasteiger partial charge in [-0.05, 0) is 6.07 Å². The molecule has 0 saturated heterocycles. The molecule has 11 heteroatoms. The van der Waals surface area contributed by atoms with Crippen LogP contribution in [-0.2, 0) is 11.0 Å². The van der Waals surface area contributed by atoms with Crippen molar-refractivity contribution in [3.63, 3.8) is 0 Å². The first kappa shape index (κ1) is 15.9. The van der Waals surface area contributed by atoms with Crippen molar-refractivity contribution in [1.29, 1.82) is 0 Å². The minimum Gasteiger partial charge on any atom is -0.480 e. The monoisotopic (exact) mass is 337 g/mol. The Bertz CT molecular complexity index is 690. The summed E-state index contributed by atoms with van der Waals surface area (Å²) in [7, 11) is 0. The number of carboxylic acids is 1. The van der Waals surface area contributed by atoms with Crippen LogP contribution >= 0.6 is 11.6 Å². The Morgan fingerprint density at radius 1 is 1.50 bits per heavy atom. The van der Waals surface area contributed by atoms with Crippen molar-refractivity contribution in [2.75, 3.05) is 16.8 Å². The zero-order chi connectivity index (χ0) is 16.7. The highest BCUT2D eigenvalue weighted by atomic mass is 35.5.